The molecule has 1 atom stereocenters. The van der Waals surface area contributed by atoms with E-state index in [1.165, 1.54) is 12.0 Å². The molecule has 0 aromatic heterocycles. The fraction of sp³-hybridized carbons (Fsp3) is 0.538. The summed E-state index contributed by atoms with van der Waals surface area (Å²) in [4.78, 5) is 0. The van der Waals surface area contributed by atoms with E-state index in [9.17, 15) is 0 Å². The molecule has 2 aliphatic heterocycles. The first-order valence-corrected chi connectivity index (χ1v) is 6.25. The lowest BCUT2D eigenvalue weighted by Crippen LogP contribution is -2.30. The number of rotatable bonds is 3. The van der Waals surface area contributed by atoms with Gasteiger partial charge in [0.05, 0.1) is 0 Å². The lowest BCUT2D eigenvalue weighted by atomic mass is 10.1. The van der Waals surface area contributed by atoms with Crippen molar-refractivity contribution >= 4 is 0 Å². The quantitative estimate of drug-likeness (QED) is 0.816. The zero-order chi connectivity index (χ0) is 11.5. The topological polar surface area (TPSA) is 42.5 Å². The molecule has 1 aromatic rings. The van der Waals surface area contributed by atoms with Crippen molar-refractivity contribution in [3.8, 4) is 11.5 Å². The van der Waals surface area contributed by atoms with E-state index in [0.717, 1.165) is 31.1 Å². The minimum Gasteiger partial charge on any atom is -0.486 e. The average molecular weight is 234 g/mol. The maximum Gasteiger partial charge on any atom is 0.165 e. The molecular formula is C13H18N2O2. The zero-order valence-corrected chi connectivity index (χ0v) is 9.87. The van der Waals surface area contributed by atoms with E-state index in [-0.39, 0.29) is 0 Å². The first kappa shape index (κ1) is 10.9. The van der Waals surface area contributed by atoms with Crippen LogP contribution in [0.25, 0.3) is 0 Å². The first-order valence-electron chi connectivity index (χ1n) is 6.25. The summed E-state index contributed by atoms with van der Waals surface area (Å²) in [5.74, 6) is 1.79. The summed E-state index contributed by atoms with van der Waals surface area (Å²) < 4.78 is 11.3. The molecule has 1 aromatic carbocycles. The predicted octanol–water partition coefficient (Wildman–Crippen LogP) is 0.909. The number of fused-ring (bicyclic) bond motifs is 1. The molecule has 0 amide bonds. The second-order valence-corrected chi connectivity index (χ2v) is 4.51. The van der Waals surface area contributed by atoms with Gasteiger partial charge in [0.2, 0.25) is 0 Å². The van der Waals surface area contributed by atoms with E-state index in [0.29, 0.717) is 19.3 Å². The van der Waals surface area contributed by atoms with Crippen LogP contribution in [0.4, 0.5) is 0 Å². The Morgan fingerprint density at radius 3 is 3.12 bits per heavy atom. The average Bonchev–Trinajstić information content (AvgIpc) is 2.89. The SMILES string of the molecule is c1cc(CNC2CCNC2)c2c(c1)OCCO2. The lowest BCUT2D eigenvalue weighted by molar-refractivity contribution is 0.169. The van der Waals surface area contributed by atoms with Gasteiger partial charge in [0.1, 0.15) is 13.2 Å². The van der Waals surface area contributed by atoms with E-state index in [1.807, 2.05) is 12.1 Å². The number of nitrogens with one attached hydrogen (secondary N) is 2. The van der Waals surface area contributed by atoms with Crippen LogP contribution in [0.3, 0.4) is 0 Å². The van der Waals surface area contributed by atoms with Gasteiger partial charge in [-0.2, -0.15) is 0 Å². The van der Waals surface area contributed by atoms with E-state index < -0.39 is 0 Å². The summed E-state index contributed by atoms with van der Waals surface area (Å²) in [7, 11) is 0. The summed E-state index contributed by atoms with van der Waals surface area (Å²) >= 11 is 0. The van der Waals surface area contributed by atoms with E-state index in [4.69, 9.17) is 9.47 Å². The van der Waals surface area contributed by atoms with Crippen molar-refractivity contribution in [1.82, 2.24) is 10.6 Å². The van der Waals surface area contributed by atoms with Crippen molar-refractivity contribution in [2.24, 2.45) is 0 Å². The van der Waals surface area contributed by atoms with Crippen LogP contribution in [-0.2, 0) is 6.54 Å². The maximum absolute atomic E-state index is 5.69. The van der Waals surface area contributed by atoms with Crippen molar-refractivity contribution < 1.29 is 9.47 Å². The normalized spacial score (nSPS) is 22.7. The fourth-order valence-electron chi connectivity index (χ4n) is 2.36. The van der Waals surface area contributed by atoms with Gasteiger partial charge in [0, 0.05) is 24.7 Å². The van der Waals surface area contributed by atoms with Crippen molar-refractivity contribution in [1.29, 1.82) is 0 Å². The molecule has 17 heavy (non-hydrogen) atoms. The molecule has 92 valence electrons. The number of ether oxygens (including phenoxy) is 2. The summed E-state index contributed by atoms with van der Waals surface area (Å²) in [6.45, 7) is 4.32. The smallest absolute Gasteiger partial charge is 0.165 e. The predicted molar refractivity (Wildman–Crippen MR) is 65.5 cm³/mol. The monoisotopic (exact) mass is 234 g/mol. The molecule has 1 fully saturated rings. The Morgan fingerprint density at radius 2 is 2.24 bits per heavy atom. The first-order chi connectivity index (χ1) is 8.43. The summed E-state index contributed by atoms with van der Waals surface area (Å²) in [6.07, 6.45) is 1.20. The Labute approximate surface area is 101 Å². The van der Waals surface area contributed by atoms with Crippen LogP contribution in [0.2, 0.25) is 0 Å². The number of para-hydroxylation sites is 1. The molecule has 1 saturated heterocycles. The van der Waals surface area contributed by atoms with Gasteiger partial charge in [-0.25, -0.2) is 0 Å². The third kappa shape index (κ3) is 2.37. The van der Waals surface area contributed by atoms with Crippen LogP contribution in [0.15, 0.2) is 18.2 Å². The van der Waals surface area contributed by atoms with E-state index >= 15 is 0 Å². The zero-order valence-electron chi connectivity index (χ0n) is 9.87. The minimum absolute atomic E-state index is 0.579. The second kappa shape index (κ2) is 4.94. The summed E-state index contributed by atoms with van der Waals surface area (Å²) in [5, 5.41) is 6.90. The van der Waals surface area contributed by atoms with Crippen LogP contribution in [0.1, 0.15) is 12.0 Å². The van der Waals surface area contributed by atoms with Gasteiger partial charge in [0.25, 0.3) is 0 Å². The molecule has 0 spiro atoms. The Morgan fingerprint density at radius 1 is 1.29 bits per heavy atom. The molecule has 0 saturated carbocycles. The Bertz CT molecular complexity index is 389. The molecule has 0 aliphatic carbocycles. The van der Waals surface area contributed by atoms with Gasteiger partial charge < -0.3 is 20.1 Å². The maximum atomic E-state index is 5.69. The Balaban J connectivity index is 1.69. The highest BCUT2D eigenvalue weighted by atomic mass is 16.6. The van der Waals surface area contributed by atoms with Gasteiger partial charge >= 0.3 is 0 Å². The third-order valence-electron chi connectivity index (χ3n) is 3.29. The third-order valence-corrected chi connectivity index (χ3v) is 3.29. The summed E-state index contributed by atoms with van der Waals surface area (Å²) in [5.41, 5.74) is 1.19. The highest BCUT2D eigenvalue weighted by molar-refractivity contribution is 5.47. The molecule has 2 N–H and O–H groups in total. The van der Waals surface area contributed by atoms with Crippen molar-refractivity contribution in [2.45, 2.75) is 19.0 Å². The number of hydrogen-bond donors (Lipinski definition) is 2. The van der Waals surface area contributed by atoms with Crippen LogP contribution >= 0.6 is 0 Å². The summed E-state index contributed by atoms with van der Waals surface area (Å²) in [6, 6.07) is 6.67. The van der Waals surface area contributed by atoms with Crippen molar-refractivity contribution in [2.75, 3.05) is 26.3 Å². The number of benzene rings is 1. The van der Waals surface area contributed by atoms with Crippen LogP contribution in [0.5, 0.6) is 11.5 Å². The van der Waals surface area contributed by atoms with E-state index in [1.54, 1.807) is 0 Å². The largest absolute Gasteiger partial charge is 0.486 e. The second-order valence-electron chi connectivity index (χ2n) is 4.51. The molecule has 4 heteroatoms. The molecule has 1 unspecified atom stereocenters. The van der Waals surface area contributed by atoms with Gasteiger partial charge in [0.15, 0.2) is 11.5 Å². The molecular weight excluding hydrogens is 216 g/mol. The minimum atomic E-state index is 0.579. The molecule has 4 nitrogen and oxygen atoms in total. The Kier molecular flexibility index (Phi) is 3.16. The lowest BCUT2D eigenvalue weighted by Gasteiger charge is -2.21. The molecule has 0 bridgehead atoms. The number of hydrogen-bond acceptors (Lipinski definition) is 4. The van der Waals surface area contributed by atoms with Crippen molar-refractivity contribution in [3.63, 3.8) is 0 Å². The van der Waals surface area contributed by atoms with Gasteiger partial charge in [-0.1, -0.05) is 12.1 Å². The molecule has 2 heterocycles. The molecule has 3 rings (SSSR count). The van der Waals surface area contributed by atoms with Gasteiger partial charge in [-0.3, -0.25) is 0 Å². The highest BCUT2D eigenvalue weighted by Gasteiger charge is 2.17. The Hall–Kier alpha value is -1.26. The molecule has 2 aliphatic rings. The van der Waals surface area contributed by atoms with Crippen LogP contribution in [-0.4, -0.2) is 32.3 Å². The van der Waals surface area contributed by atoms with E-state index in [2.05, 4.69) is 16.7 Å². The van der Waals surface area contributed by atoms with Crippen LogP contribution in [0, 0.1) is 0 Å². The van der Waals surface area contributed by atoms with Gasteiger partial charge in [-0.15, -0.1) is 0 Å². The van der Waals surface area contributed by atoms with Crippen LogP contribution < -0.4 is 20.1 Å². The standard InChI is InChI=1S/C13H18N2O2/c1-2-10(8-15-11-4-5-14-9-11)13-12(3-1)16-6-7-17-13/h1-3,11,14-15H,4-9H2. The fourth-order valence-corrected chi connectivity index (χ4v) is 2.36. The van der Waals surface area contributed by atoms with Gasteiger partial charge in [-0.05, 0) is 19.0 Å². The molecule has 0 radical (unpaired) electrons. The highest BCUT2D eigenvalue weighted by Crippen LogP contribution is 2.33. The van der Waals surface area contributed by atoms with Crippen molar-refractivity contribution in [3.05, 3.63) is 23.8 Å².